The summed E-state index contributed by atoms with van der Waals surface area (Å²) in [6.07, 6.45) is -3.43. The zero-order chi connectivity index (χ0) is 14.8. The molecular weight excluding hydrogens is 271 g/mol. The van der Waals surface area contributed by atoms with Crippen molar-refractivity contribution in [1.29, 1.82) is 5.26 Å². The fraction of sp³-hybridized carbons (Fsp3) is 0.0769. The minimum absolute atomic E-state index is 0.0632. The van der Waals surface area contributed by atoms with Gasteiger partial charge in [0.25, 0.3) is 0 Å². The Morgan fingerprint density at radius 3 is 2.65 bits per heavy atom. The van der Waals surface area contributed by atoms with E-state index in [9.17, 15) is 13.2 Å². The molecule has 0 amide bonds. The number of hydrogen-bond acceptors (Lipinski definition) is 4. The molecule has 0 aliphatic heterocycles. The molecule has 0 bridgehead atoms. The van der Waals surface area contributed by atoms with Gasteiger partial charge in [-0.2, -0.15) is 5.26 Å². The summed E-state index contributed by atoms with van der Waals surface area (Å²) < 4.78 is 40.4. The first-order valence-electron chi connectivity index (χ1n) is 5.41. The van der Waals surface area contributed by atoms with Crippen LogP contribution in [0.2, 0.25) is 0 Å². The average molecular weight is 279 g/mol. The molecule has 0 fully saturated rings. The van der Waals surface area contributed by atoms with Gasteiger partial charge in [-0.1, -0.05) is 12.1 Å². The van der Waals surface area contributed by atoms with Crippen LogP contribution < -0.4 is 10.5 Å². The molecule has 2 rings (SSSR count). The van der Waals surface area contributed by atoms with E-state index in [4.69, 9.17) is 11.0 Å². The Kier molecular flexibility index (Phi) is 3.48. The molecule has 1 heterocycles. The van der Waals surface area contributed by atoms with Gasteiger partial charge in [-0.15, -0.1) is 13.2 Å². The highest BCUT2D eigenvalue weighted by molar-refractivity contribution is 5.79. The number of ether oxygens (including phenoxy) is 1. The Balaban J connectivity index is 2.50. The number of nitrogens with zero attached hydrogens (tertiary/aromatic N) is 2. The number of rotatable bonds is 2. The highest BCUT2D eigenvalue weighted by Crippen LogP contribution is 2.32. The first-order valence-corrected chi connectivity index (χ1v) is 5.41. The summed E-state index contributed by atoms with van der Waals surface area (Å²) in [7, 11) is 0. The molecule has 0 saturated carbocycles. The van der Waals surface area contributed by atoms with Gasteiger partial charge >= 0.3 is 6.36 Å². The lowest BCUT2D eigenvalue weighted by Gasteiger charge is -2.11. The van der Waals surface area contributed by atoms with Gasteiger partial charge in [-0.25, -0.2) is 4.98 Å². The van der Waals surface area contributed by atoms with Crippen molar-refractivity contribution in [2.75, 3.05) is 5.73 Å². The zero-order valence-corrected chi connectivity index (χ0v) is 9.98. The molecule has 102 valence electrons. The fourth-order valence-electron chi connectivity index (χ4n) is 1.72. The molecule has 2 aromatic rings. The van der Waals surface area contributed by atoms with E-state index in [2.05, 4.69) is 9.72 Å². The van der Waals surface area contributed by atoms with Gasteiger partial charge in [-0.05, 0) is 23.8 Å². The molecule has 0 atom stereocenters. The maximum absolute atomic E-state index is 12.2. The van der Waals surface area contributed by atoms with Crippen molar-refractivity contribution in [1.82, 2.24) is 4.98 Å². The molecule has 0 radical (unpaired) electrons. The van der Waals surface area contributed by atoms with Crippen molar-refractivity contribution in [2.45, 2.75) is 6.36 Å². The van der Waals surface area contributed by atoms with Crippen LogP contribution in [0.4, 0.5) is 19.0 Å². The van der Waals surface area contributed by atoms with Gasteiger partial charge in [-0.3, -0.25) is 0 Å². The van der Waals surface area contributed by atoms with Crippen LogP contribution in [0.25, 0.3) is 11.1 Å². The minimum Gasteiger partial charge on any atom is -0.406 e. The van der Waals surface area contributed by atoms with Gasteiger partial charge in [0.2, 0.25) is 0 Å². The summed E-state index contributed by atoms with van der Waals surface area (Å²) in [4.78, 5) is 3.83. The second kappa shape index (κ2) is 5.09. The average Bonchev–Trinajstić information content (AvgIpc) is 2.36. The van der Waals surface area contributed by atoms with E-state index in [-0.39, 0.29) is 22.7 Å². The van der Waals surface area contributed by atoms with E-state index in [0.29, 0.717) is 5.56 Å². The molecule has 0 spiro atoms. The summed E-state index contributed by atoms with van der Waals surface area (Å²) in [5.41, 5.74) is 6.51. The van der Waals surface area contributed by atoms with Gasteiger partial charge in [0.05, 0.1) is 11.6 Å². The van der Waals surface area contributed by atoms with Crippen molar-refractivity contribution in [2.24, 2.45) is 0 Å². The molecule has 0 saturated heterocycles. The third-order valence-corrected chi connectivity index (χ3v) is 2.46. The highest BCUT2D eigenvalue weighted by atomic mass is 19.4. The number of anilines is 1. The Hall–Kier alpha value is -2.75. The van der Waals surface area contributed by atoms with E-state index in [1.54, 1.807) is 0 Å². The molecule has 4 nitrogen and oxygen atoms in total. The Labute approximate surface area is 112 Å². The van der Waals surface area contributed by atoms with Crippen molar-refractivity contribution in [3.05, 3.63) is 42.1 Å². The maximum atomic E-state index is 12.2. The number of benzene rings is 1. The number of alkyl halides is 3. The molecule has 7 heteroatoms. The molecule has 0 unspecified atom stereocenters. The standard InChI is InChI=1S/C13H8F3N3O/c14-13(15,16)20-10-3-1-2-8(6-10)11-9(7-17)4-5-19-12(11)18/h1-6H,(H2,18,19). The van der Waals surface area contributed by atoms with Crippen LogP contribution >= 0.6 is 0 Å². The number of nitriles is 1. The van der Waals surface area contributed by atoms with Crippen LogP contribution in [-0.4, -0.2) is 11.3 Å². The van der Waals surface area contributed by atoms with E-state index in [1.165, 1.54) is 24.4 Å². The minimum atomic E-state index is -4.78. The van der Waals surface area contributed by atoms with Crippen molar-refractivity contribution in [3.63, 3.8) is 0 Å². The molecule has 20 heavy (non-hydrogen) atoms. The predicted molar refractivity (Wildman–Crippen MR) is 65.5 cm³/mol. The largest absolute Gasteiger partial charge is 0.573 e. The summed E-state index contributed by atoms with van der Waals surface area (Å²) in [5, 5.41) is 9.02. The third-order valence-electron chi connectivity index (χ3n) is 2.46. The monoisotopic (exact) mass is 279 g/mol. The first kappa shape index (κ1) is 13.7. The summed E-state index contributed by atoms with van der Waals surface area (Å²) in [6.45, 7) is 0. The summed E-state index contributed by atoms with van der Waals surface area (Å²) in [6, 6.07) is 8.57. The van der Waals surface area contributed by atoms with Crippen LogP contribution in [-0.2, 0) is 0 Å². The lowest BCUT2D eigenvalue weighted by Crippen LogP contribution is -2.17. The lowest BCUT2D eigenvalue weighted by atomic mass is 10.0. The lowest BCUT2D eigenvalue weighted by molar-refractivity contribution is -0.274. The van der Waals surface area contributed by atoms with Crippen LogP contribution in [0.1, 0.15) is 5.56 Å². The quantitative estimate of drug-likeness (QED) is 0.916. The van der Waals surface area contributed by atoms with Crippen molar-refractivity contribution >= 4 is 5.82 Å². The Morgan fingerprint density at radius 2 is 2.00 bits per heavy atom. The molecule has 1 aromatic heterocycles. The highest BCUT2D eigenvalue weighted by Gasteiger charge is 2.31. The summed E-state index contributed by atoms with van der Waals surface area (Å²) >= 11 is 0. The van der Waals surface area contributed by atoms with Crippen LogP contribution in [0.3, 0.4) is 0 Å². The van der Waals surface area contributed by atoms with E-state index in [0.717, 1.165) is 12.1 Å². The normalized spacial score (nSPS) is 10.9. The number of hydrogen-bond donors (Lipinski definition) is 1. The first-order chi connectivity index (χ1) is 9.40. The maximum Gasteiger partial charge on any atom is 0.573 e. The molecule has 2 N–H and O–H groups in total. The SMILES string of the molecule is N#Cc1ccnc(N)c1-c1cccc(OC(F)(F)F)c1. The van der Waals surface area contributed by atoms with Crippen LogP contribution in [0.5, 0.6) is 5.75 Å². The topological polar surface area (TPSA) is 71.9 Å². The number of nitrogens with two attached hydrogens (primary N) is 1. The number of halogens is 3. The predicted octanol–water partition coefficient (Wildman–Crippen LogP) is 3.10. The Bertz CT molecular complexity index is 677. The van der Waals surface area contributed by atoms with Gasteiger partial charge in [0, 0.05) is 11.8 Å². The molecule has 0 aliphatic carbocycles. The second-order valence-electron chi connectivity index (χ2n) is 3.81. The number of aromatic nitrogens is 1. The fourth-order valence-corrected chi connectivity index (χ4v) is 1.72. The molecule has 1 aromatic carbocycles. The van der Waals surface area contributed by atoms with Crippen molar-refractivity contribution < 1.29 is 17.9 Å². The van der Waals surface area contributed by atoms with Crippen LogP contribution in [0, 0.1) is 11.3 Å². The Morgan fingerprint density at radius 1 is 1.25 bits per heavy atom. The van der Waals surface area contributed by atoms with E-state index >= 15 is 0 Å². The zero-order valence-electron chi connectivity index (χ0n) is 9.98. The van der Waals surface area contributed by atoms with Crippen LogP contribution in [0.15, 0.2) is 36.5 Å². The smallest absolute Gasteiger partial charge is 0.406 e. The van der Waals surface area contributed by atoms with Crippen molar-refractivity contribution in [3.8, 4) is 22.9 Å². The van der Waals surface area contributed by atoms with Gasteiger partial charge in [0.1, 0.15) is 11.6 Å². The number of pyridine rings is 1. The molecule has 0 aliphatic rings. The molecular formula is C13H8F3N3O. The van der Waals surface area contributed by atoms with E-state index < -0.39 is 6.36 Å². The van der Waals surface area contributed by atoms with Gasteiger partial charge < -0.3 is 10.5 Å². The second-order valence-corrected chi connectivity index (χ2v) is 3.81. The van der Waals surface area contributed by atoms with Gasteiger partial charge in [0.15, 0.2) is 0 Å². The summed E-state index contributed by atoms with van der Waals surface area (Å²) in [5.74, 6) is -0.324. The number of nitrogen functional groups attached to an aromatic ring is 1. The third kappa shape index (κ3) is 2.98. The van der Waals surface area contributed by atoms with E-state index in [1.807, 2.05) is 6.07 Å².